The number of hydrogen-bond donors (Lipinski definition) is 1. The molecule has 1 saturated heterocycles. The van der Waals surface area contributed by atoms with Crippen molar-refractivity contribution in [3.05, 3.63) is 18.2 Å². The minimum atomic E-state index is 0.0809. The van der Waals surface area contributed by atoms with Crippen molar-refractivity contribution < 1.29 is 9.53 Å². The van der Waals surface area contributed by atoms with Gasteiger partial charge in [-0.15, -0.1) is 0 Å². The number of imidazole rings is 1. The van der Waals surface area contributed by atoms with Gasteiger partial charge in [0.15, 0.2) is 0 Å². The van der Waals surface area contributed by atoms with Crippen LogP contribution >= 0.6 is 0 Å². The number of aromatic nitrogens is 2. The topological polar surface area (TPSA) is 61.5 Å². The van der Waals surface area contributed by atoms with Gasteiger partial charge in [0.1, 0.15) is 12.4 Å². The van der Waals surface area contributed by atoms with Crippen LogP contribution in [0.1, 0.15) is 12.2 Å². The van der Waals surface area contributed by atoms with Gasteiger partial charge in [0.2, 0.25) is 5.91 Å². The standard InChI is InChI=1S/C12H20N4O2/c1-18-10-12(17)16-6-2-5-15(7-8-16)9-11-13-3-4-14-11/h3-4H,2,5-10H2,1H3,(H,13,14). The van der Waals surface area contributed by atoms with E-state index < -0.39 is 0 Å². The monoisotopic (exact) mass is 252 g/mol. The molecule has 0 atom stereocenters. The molecule has 6 nitrogen and oxygen atoms in total. The molecule has 6 heteroatoms. The quantitative estimate of drug-likeness (QED) is 0.825. The van der Waals surface area contributed by atoms with Gasteiger partial charge in [-0.3, -0.25) is 9.69 Å². The van der Waals surface area contributed by atoms with Gasteiger partial charge >= 0.3 is 0 Å². The molecule has 0 aliphatic carbocycles. The van der Waals surface area contributed by atoms with E-state index in [1.54, 1.807) is 13.3 Å². The Labute approximate surface area is 107 Å². The average molecular weight is 252 g/mol. The highest BCUT2D eigenvalue weighted by molar-refractivity contribution is 5.77. The molecule has 1 aromatic rings. The number of amides is 1. The fourth-order valence-electron chi connectivity index (χ4n) is 2.19. The molecule has 1 aliphatic rings. The minimum Gasteiger partial charge on any atom is -0.375 e. The Morgan fingerprint density at radius 1 is 1.44 bits per heavy atom. The zero-order valence-electron chi connectivity index (χ0n) is 10.8. The van der Waals surface area contributed by atoms with E-state index in [-0.39, 0.29) is 12.5 Å². The van der Waals surface area contributed by atoms with Gasteiger partial charge in [-0.05, 0) is 6.42 Å². The Hall–Kier alpha value is -1.40. The van der Waals surface area contributed by atoms with E-state index in [1.165, 1.54) is 0 Å². The molecule has 100 valence electrons. The van der Waals surface area contributed by atoms with Gasteiger partial charge in [-0.2, -0.15) is 0 Å². The summed E-state index contributed by atoms with van der Waals surface area (Å²) in [5, 5.41) is 0. The molecule has 0 aromatic carbocycles. The Morgan fingerprint density at radius 2 is 2.33 bits per heavy atom. The third-order valence-electron chi connectivity index (χ3n) is 3.14. The second kappa shape index (κ2) is 6.51. The number of H-pyrrole nitrogens is 1. The van der Waals surface area contributed by atoms with Crippen LogP contribution < -0.4 is 0 Å². The van der Waals surface area contributed by atoms with Crippen LogP contribution in [0.25, 0.3) is 0 Å². The summed E-state index contributed by atoms with van der Waals surface area (Å²) in [5.41, 5.74) is 0. The molecule has 0 bridgehead atoms. The largest absolute Gasteiger partial charge is 0.375 e. The summed E-state index contributed by atoms with van der Waals surface area (Å²) in [7, 11) is 1.55. The lowest BCUT2D eigenvalue weighted by Crippen LogP contribution is -2.37. The maximum atomic E-state index is 11.7. The number of rotatable bonds is 4. The first kappa shape index (κ1) is 13.0. The molecule has 2 heterocycles. The number of carbonyl (C=O) groups excluding carboxylic acids is 1. The summed E-state index contributed by atoms with van der Waals surface area (Å²) >= 11 is 0. The normalized spacial score (nSPS) is 17.7. The second-order valence-corrected chi connectivity index (χ2v) is 4.48. The van der Waals surface area contributed by atoms with Crippen LogP contribution in [0.3, 0.4) is 0 Å². The van der Waals surface area contributed by atoms with E-state index in [0.717, 1.165) is 45.0 Å². The van der Waals surface area contributed by atoms with Crippen molar-refractivity contribution >= 4 is 5.91 Å². The molecular formula is C12H20N4O2. The lowest BCUT2D eigenvalue weighted by molar-refractivity contribution is -0.135. The predicted molar refractivity (Wildman–Crippen MR) is 66.9 cm³/mol. The summed E-state index contributed by atoms with van der Waals surface area (Å²) in [6, 6.07) is 0. The molecule has 18 heavy (non-hydrogen) atoms. The van der Waals surface area contributed by atoms with Crippen molar-refractivity contribution in [1.29, 1.82) is 0 Å². The van der Waals surface area contributed by atoms with E-state index in [9.17, 15) is 4.79 Å². The van der Waals surface area contributed by atoms with Crippen LogP contribution in [-0.4, -0.2) is 65.6 Å². The van der Waals surface area contributed by atoms with E-state index in [0.29, 0.717) is 0 Å². The Balaban J connectivity index is 1.82. The van der Waals surface area contributed by atoms with Crippen LogP contribution in [-0.2, 0) is 16.1 Å². The Morgan fingerprint density at radius 3 is 3.06 bits per heavy atom. The van der Waals surface area contributed by atoms with Crippen LogP contribution in [0.5, 0.6) is 0 Å². The molecule has 1 amide bonds. The summed E-state index contributed by atoms with van der Waals surface area (Å²) in [4.78, 5) is 23.3. The van der Waals surface area contributed by atoms with E-state index in [4.69, 9.17) is 4.74 Å². The van der Waals surface area contributed by atoms with E-state index >= 15 is 0 Å². The average Bonchev–Trinajstić information content (AvgIpc) is 2.74. The zero-order valence-corrected chi connectivity index (χ0v) is 10.8. The van der Waals surface area contributed by atoms with Gasteiger partial charge in [-0.25, -0.2) is 4.98 Å². The number of carbonyl (C=O) groups is 1. The Kier molecular flexibility index (Phi) is 4.72. The van der Waals surface area contributed by atoms with Gasteiger partial charge in [-0.1, -0.05) is 0 Å². The van der Waals surface area contributed by atoms with E-state index in [1.807, 2.05) is 11.1 Å². The highest BCUT2D eigenvalue weighted by Gasteiger charge is 2.19. The van der Waals surface area contributed by atoms with Crippen molar-refractivity contribution in [3.8, 4) is 0 Å². The van der Waals surface area contributed by atoms with Crippen molar-refractivity contribution in [2.75, 3.05) is 39.9 Å². The van der Waals surface area contributed by atoms with Gasteiger partial charge in [0.25, 0.3) is 0 Å². The fourth-order valence-corrected chi connectivity index (χ4v) is 2.19. The third kappa shape index (κ3) is 3.54. The first-order valence-electron chi connectivity index (χ1n) is 6.27. The van der Waals surface area contributed by atoms with Crippen molar-refractivity contribution in [1.82, 2.24) is 19.8 Å². The van der Waals surface area contributed by atoms with Crippen LogP contribution in [0, 0.1) is 0 Å². The summed E-state index contributed by atoms with van der Waals surface area (Å²) in [6.45, 7) is 4.46. The van der Waals surface area contributed by atoms with Crippen molar-refractivity contribution in [3.63, 3.8) is 0 Å². The number of nitrogens with one attached hydrogen (secondary N) is 1. The summed E-state index contributed by atoms with van der Waals surface area (Å²) in [6.07, 6.45) is 4.60. The van der Waals surface area contributed by atoms with Gasteiger partial charge < -0.3 is 14.6 Å². The molecule has 0 spiro atoms. The highest BCUT2D eigenvalue weighted by atomic mass is 16.5. The smallest absolute Gasteiger partial charge is 0.248 e. The maximum absolute atomic E-state index is 11.7. The molecule has 1 aromatic heterocycles. The third-order valence-corrected chi connectivity index (χ3v) is 3.14. The molecule has 2 rings (SSSR count). The number of ether oxygens (including phenoxy) is 1. The van der Waals surface area contributed by atoms with Gasteiger partial charge in [0, 0.05) is 45.7 Å². The highest BCUT2D eigenvalue weighted by Crippen LogP contribution is 2.06. The summed E-state index contributed by atoms with van der Waals surface area (Å²) < 4.78 is 4.89. The van der Waals surface area contributed by atoms with Crippen molar-refractivity contribution in [2.24, 2.45) is 0 Å². The van der Waals surface area contributed by atoms with Crippen LogP contribution in [0.2, 0.25) is 0 Å². The maximum Gasteiger partial charge on any atom is 0.248 e. The number of hydrogen-bond acceptors (Lipinski definition) is 4. The zero-order chi connectivity index (χ0) is 12.8. The molecule has 1 aliphatic heterocycles. The molecule has 1 N–H and O–H groups in total. The Bertz CT molecular complexity index is 366. The molecular weight excluding hydrogens is 232 g/mol. The molecule has 1 fully saturated rings. The van der Waals surface area contributed by atoms with Crippen LogP contribution in [0.15, 0.2) is 12.4 Å². The number of methoxy groups -OCH3 is 1. The van der Waals surface area contributed by atoms with Gasteiger partial charge in [0.05, 0.1) is 6.54 Å². The molecule has 0 radical (unpaired) electrons. The predicted octanol–water partition coefficient (Wildman–Crippen LogP) is 0.0904. The first-order chi connectivity index (χ1) is 8.79. The SMILES string of the molecule is COCC(=O)N1CCCN(Cc2ncc[nH]2)CC1. The summed E-state index contributed by atoms with van der Waals surface area (Å²) in [5.74, 6) is 1.06. The number of aromatic amines is 1. The van der Waals surface area contributed by atoms with E-state index in [2.05, 4.69) is 14.9 Å². The molecule has 0 saturated carbocycles. The minimum absolute atomic E-state index is 0.0809. The molecule has 0 unspecified atom stereocenters. The van der Waals surface area contributed by atoms with Crippen molar-refractivity contribution in [2.45, 2.75) is 13.0 Å². The first-order valence-corrected chi connectivity index (χ1v) is 6.27. The fraction of sp³-hybridized carbons (Fsp3) is 0.667. The lowest BCUT2D eigenvalue weighted by atomic mass is 10.3. The lowest BCUT2D eigenvalue weighted by Gasteiger charge is -2.21. The second-order valence-electron chi connectivity index (χ2n) is 4.48. The van der Waals surface area contributed by atoms with Crippen LogP contribution in [0.4, 0.5) is 0 Å². The number of nitrogens with zero attached hydrogens (tertiary/aromatic N) is 3.